The average molecular weight is 197 g/mol. The fourth-order valence-corrected chi connectivity index (χ4v) is 1.39. The van der Waals surface area contributed by atoms with Gasteiger partial charge in [-0.15, -0.1) is 0 Å². The number of rotatable bonds is 5. The maximum absolute atomic E-state index is 9.49. The van der Waals surface area contributed by atoms with E-state index in [1.165, 1.54) is 12.8 Å². The van der Waals surface area contributed by atoms with Crippen molar-refractivity contribution in [1.82, 2.24) is 9.78 Å². The summed E-state index contributed by atoms with van der Waals surface area (Å²) in [6, 6.07) is -0.206. The van der Waals surface area contributed by atoms with Crippen molar-refractivity contribution in [3.05, 3.63) is 11.9 Å². The molecule has 1 rings (SSSR count). The summed E-state index contributed by atoms with van der Waals surface area (Å²) in [4.78, 5) is 0. The van der Waals surface area contributed by atoms with Crippen LogP contribution < -0.4 is 5.73 Å². The van der Waals surface area contributed by atoms with Crippen molar-refractivity contribution in [1.29, 1.82) is 0 Å². The Balaban J connectivity index is 2.57. The number of aryl methyl sites for hydroxylation is 1. The lowest BCUT2D eigenvalue weighted by Crippen LogP contribution is -2.07. The van der Waals surface area contributed by atoms with Crippen LogP contribution in [0.5, 0.6) is 5.75 Å². The molecule has 0 bridgehead atoms. The number of hydrogen-bond acceptors (Lipinski definition) is 3. The normalized spacial score (nSPS) is 13.1. The fourth-order valence-electron chi connectivity index (χ4n) is 1.39. The summed E-state index contributed by atoms with van der Waals surface area (Å²) < 4.78 is 1.77. The Morgan fingerprint density at radius 2 is 2.29 bits per heavy atom. The molecule has 4 heteroatoms. The standard InChI is InChI=1S/C10H19N3O/c1-3-4-5-6-13-7-9(14)10(12-13)8(2)11/h7-8,14H,3-6,11H2,1-2H3. The van der Waals surface area contributed by atoms with Crippen LogP contribution in [0.2, 0.25) is 0 Å². The monoisotopic (exact) mass is 197 g/mol. The van der Waals surface area contributed by atoms with Crippen LogP contribution in [0, 0.1) is 0 Å². The third-order valence-corrected chi connectivity index (χ3v) is 2.19. The molecule has 14 heavy (non-hydrogen) atoms. The highest BCUT2D eigenvalue weighted by Gasteiger charge is 2.10. The highest BCUT2D eigenvalue weighted by molar-refractivity contribution is 5.24. The van der Waals surface area contributed by atoms with E-state index in [2.05, 4.69) is 12.0 Å². The number of nitrogens with two attached hydrogens (primary N) is 1. The Morgan fingerprint density at radius 3 is 2.79 bits per heavy atom. The van der Waals surface area contributed by atoms with E-state index >= 15 is 0 Å². The van der Waals surface area contributed by atoms with Crippen LogP contribution >= 0.6 is 0 Å². The molecule has 0 aliphatic rings. The van der Waals surface area contributed by atoms with Gasteiger partial charge in [-0.2, -0.15) is 5.10 Å². The molecule has 0 amide bonds. The zero-order valence-corrected chi connectivity index (χ0v) is 8.90. The lowest BCUT2D eigenvalue weighted by atomic mass is 10.2. The maximum atomic E-state index is 9.49. The van der Waals surface area contributed by atoms with Gasteiger partial charge in [-0.05, 0) is 13.3 Å². The van der Waals surface area contributed by atoms with Crippen LogP contribution in [-0.2, 0) is 6.54 Å². The van der Waals surface area contributed by atoms with Gasteiger partial charge in [-0.3, -0.25) is 4.68 Å². The molecule has 1 aromatic rings. The highest BCUT2D eigenvalue weighted by atomic mass is 16.3. The van der Waals surface area contributed by atoms with Crippen LogP contribution in [0.1, 0.15) is 44.8 Å². The van der Waals surface area contributed by atoms with Crippen molar-refractivity contribution < 1.29 is 5.11 Å². The second kappa shape index (κ2) is 5.00. The number of aromatic nitrogens is 2. The van der Waals surface area contributed by atoms with E-state index in [0.29, 0.717) is 5.69 Å². The van der Waals surface area contributed by atoms with Gasteiger partial charge in [-0.25, -0.2) is 0 Å². The van der Waals surface area contributed by atoms with Gasteiger partial charge >= 0.3 is 0 Å². The second-order valence-corrected chi connectivity index (χ2v) is 3.66. The van der Waals surface area contributed by atoms with E-state index < -0.39 is 0 Å². The van der Waals surface area contributed by atoms with Gasteiger partial charge in [0.2, 0.25) is 0 Å². The predicted octanol–water partition coefficient (Wildman–Crippen LogP) is 1.80. The molecule has 4 nitrogen and oxygen atoms in total. The molecule has 0 aliphatic heterocycles. The first-order valence-electron chi connectivity index (χ1n) is 5.17. The second-order valence-electron chi connectivity index (χ2n) is 3.66. The van der Waals surface area contributed by atoms with Crippen LogP contribution in [-0.4, -0.2) is 14.9 Å². The van der Waals surface area contributed by atoms with Gasteiger partial charge in [0.15, 0.2) is 5.75 Å². The first-order chi connectivity index (χ1) is 6.65. The Labute approximate surface area is 84.7 Å². The topological polar surface area (TPSA) is 64.1 Å². The third kappa shape index (κ3) is 2.73. The molecule has 1 aromatic heterocycles. The van der Waals surface area contributed by atoms with Gasteiger partial charge < -0.3 is 10.8 Å². The molecule has 1 heterocycles. The van der Waals surface area contributed by atoms with E-state index in [9.17, 15) is 5.11 Å². The molecule has 3 N–H and O–H groups in total. The van der Waals surface area contributed by atoms with Crippen LogP contribution in [0.15, 0.2) is 6.20 Å². The van der Waals surface area contributed by atoms with E-state index in [-0.39, 0.29) is 11.8 Å². The van der Waals surface area contributed by atoms with E-state index in [4.69, 9.17) is 5.73 Å². The summed E-state index contributed by atoms with van der Waals surface area (Å²) in [6.07, 6.45) is 5.12. The Morgan fingerprint density at radius 1 is 1.57 bits per heavy atom. The molecule has 0 spiro atoms. The summed E-state index contributed by atoms with van der Waals surface area (Å²) in [5.74, 6) is 0.205. The minimum absolute atomic E-state index is 0.205. The van der Waals surface area contributed by atoms with Gasteiger partial charge in [0.1, 0.15) is 5.69 Å². The van der Waals surface area contributed by atoms with Gasteiger partial charge in [-0.1, -0.05) is 19.8 Å². The SMILES string of the molecule is CCCCCn1cc(O)c(C(C)N)n1. The van der Waals surface area contributed by atoms with Crippen molar-refractivity contribution in [2.45, 2.75) is 45.7 Å². The van der Waals surface area contributed by atoms with Gasteiger partial charge in [0.25, 0.3) is 0 Å². The predicted molar refractivity (Wildman–Crippen MR) is 56.0 cm³/mol. The number of aromatic hydroxyl groups is 1. The smallest absolute Gasteiger partial charge is 0.158 e. The first-order valence-corrected chi connectivity index (χ1v) is 5.17. The lowest BCUT2D eigenvalue weighted by molar-refractivity contribution is 0.463. The zero-order valence-electron chi connectivity index (χ0n) is 8.90. The molecule has 0 fully saturated rings. The van der Waals surface area contributed by atoms with E-state index in [0.717, 1.165) is 13.0 Å². The third-order valence-electron chi connectivity index (χ3n) is 2.19. The largest absolute Gasteiger partial charge is 0.504 e. The van der Waals surface area contributed by atoms with Crippen molar-refractivity contribution in [3.63, 3.8) is 0 Å². The van der Waals surface area contributed by atoms with Gasteiger partial charge in [0.05, 0.1) is 6.20 Å². The Bertz CT molecular complexity index is 281. The minimum Gasteiger partial charge on any atom is -0.504 e. The Kier molecular flexibility index (Phi) is 3.95. The minimum atomic E-state index is -0.206. The quantitative estimate of drug-likeness (QED) is 0.707. The first kappa shape index (κ1) is 11.0. The highest BCUT2D eigenvalue weighted by Crippen LogP contribution is 2.20. The van der Waals surface area contributed by atoms with Gasteiger partial charge in [0, 0.05) is 12.6 Å². The molecular formula is C10H19N3O. The molecular weight excluding hydrogens is 178 g/mol. The van der Waals surface area contributed by atoms with E-state index in [1.807, 2.05) is 6.92 Å². The average Bonchev–Trinajstić information content (AvgIpc) is 2.47. The summed E-state index contributed by atoms with van der Waals surface area (Å²) in [5.41, 5.74) is 6.23. The molecule has 0 aromatic carbocycles. The molecule has 1 atom stereocenters. The van der Waals surface area contributed by atoms with Crippen molar-refractivity contribution >= 4 is 0 Å². The number of hydrogen-bond donors (Lipinski definition) is 2. The molecule has 0 radical (unpaired) electrons. The summed E-state index contributed by atoms with van der Waals surface area (Å²) >= 11 is 0. The molecule has 80 valence electrons. The van der Waals surface area contributed by atoms with Crippen LogP contribution in [0.3, 0.4) is 0 Å². The lowest BCUT2D eigenvalue weighted by Gasteiger charge is -2.01. The summed E-state index contributed by atoms with van der Waals surface area (Å²) in [5, 5.41) is 13.7. The zero-order chi connectivity index (χ0) is 10.6. The number of nitrogens with zero attached hydrogens (tertiary/aromatic N) is 2. The van der Waals surface area contributed by atoms with Crippen molar-refractivity contribution in [2.75, 3.05) is 0 Å². The molecule has 0 aliphatic carbocycles. The van der Waals surface area contributed by atoms with Crippen molar-refractivity contribution in [3.8, 4) is 5.75 Å². The molecule has 0 saturated heterocycles. The maximum Gasteiger partial charge on any atom is 0.158 e. The van der Waals surface area contributed by atoms with E-state index in [1.54, 1.807) is 10.9 Å². The molecule has 0 saturated carbocycles. The van der Waals surface area contributed by atoms with Crippen LogP contribution in [0.4, 0.5) is 0 Å². The number of unbranched alkanes of at least 4 members (excludes halogenated alkanes) is 2. The summed E-state index contributed by atoms with van der Waals surface area (Å²) in [7, 11) is 0. The van der Waals surface area contributed by atoms with Crippen LogP contribution in [0.25, 0.3) is 0 Å². The fraction of sp³-hybridized carbons (Fsp3) is 0.700. The summed E-state index contributed by atoms with van der Waals surface area (Å²) in [6.45, 7) is 4.83. The molecule has 1 unspecified atom stereocenters. The van der Waals surface area contributed by atoms with Crippen molar-refractivity contribution in [2.24, 2.45) is 5.73 Å². The Hall–Kier alpha value is -1.03.